The van der Waals surface area contributed by atoms with Crippen molar-refractivity contribution in [3.8, 4) is 0 Å². The van der Waals surface area contributed by atoms with Gasteiger partial charge in [0.25, 0.3) is 0 Å². The third-order valence-corrected chi connectivity index (χ3v) is 2.95. The molecule has 1 aliphatic carbocycles. The van der Waals surface area contributed by atoms with Crippen molar-refractivity contribution in [2.45, 2.75) is 25.3 Å². The number of nitrogens with zero attached hydrogens (tertiary/aromatic N) is 1. The van der Waals surface area contributed by atoms with E-state index in [1.54, 1.807) is 18.3 Å². The van der Waals surface area contributed by atoms with Gasteiger partial charge in [-0.3, -0.25) is 4.79 Å². The number of anilines is 1. The van der Waals surface area contributed by atoms with Crippen LogP contribution in [0.2, 0.25) is 0 Å². The number of nitrogen functional groups attached to an aromatic ring is 1. The summed E-state index contributed by atoms with van der Waals surface area (Å²) in [5.41, 5.74) is 12.0. The van der Waals surface area contributed by atoms with Crippen LogP contribution in [0, 0.1) is 5.92 Å². The summed E-state index contributed by atoms with van der Waals surface area (Å²) in [7, 11) is 0. The second-order valence-corrected chi connectivity index (χ2v) is 4.07. The number of hydrogen-bond acceptors (Lipinski definition) is 4. The molecule has 0 bridgehead atoms. The predicted molar refractivity (Wildman–Crippen MR) is 58.3 cm³/mol. The average Bonchev–Trinajstić information content (AvgIpc) is 2.65. The maximum Gasteiger partial charge on any atom is 0.169 e. The van der Waals surface area contributed by atoms with Crippen LogP contribution in [0.4, 0.5) is 5.82 Å². The van der Waals surface area contributed by atoms with Gasteiger partial charge in [0, 0.05) is 18.2 Å². The Kier molecular flexibility index (Phi) is 2.68. The first-order chi connectivity index (χ1) is 7.18. The number of hydrogen-bond donors (Lipinski definition) is 2. The van der Waals surface area contributed by atoms with Crippen LogP contribution in [0.15, 0.2) is 18.3 Å². The summed E-state index contributed by atoms with van der Waals surface area (Å²) in [6.45, 7) is 0. The van der Waals surface area contributed by atoms with Crippen molar-refractivity contribution >= 4 is 11.6 Å². The molecule has 2 unspecified atom stereocenters. The Balaban J connectivity index is 2.18. The average molecular weight is 205 g/mol. The standard InChI is InChI=1S/C11H15N3O/c12-8-4-3-7(6-8)10(15)9-2-1-5-14-11(9)13/h1-2,5,7-8H,3-4,6,12H2,(H2,13,14). The van der Waals surface area contributed by atoms with Gasteiger partial charge in [0.05, 0.1) is 5.56 Å². The summed E-state index contributed by atoms with van der Waals surface area (Å²) in [4.78, 5) is 16.0. The minimum absolute atomic E-state index is 0.0338. The highest BCUT2D eigenvalue weighted by atomic mass is 16.1. The smallest absolute Gasteiger partial charge is 0.169 e. The van der Waals surface area contributed by atoms with E-state index >= 15 is 0 Å². The maximum absolute atomic E-state index is 12.0. The van der Waals surface area contributed by atoms with E-state index in [0.717, 1.165) is 19.3 Å². The van der Waals surface area contributed by atoms with Crippen LogP contribution in [0.1, 0.15) is 29.6 Å². The normalized spacial score (nSPS) is 25.4. The lowest BCUT2D eigenvalue weighted by Crippen LogP contribution is -2.19. The zero-order chi connectivity index (χ0) is 10.8. The fourth-order valence-corrected chi connectivity index (χ4v) is 2.10. The Morgan fingerprint density at radius 3 is 2.87 bits per heavy atom. The van der Waals surface area contributed by atoms with Crippen molar-refractivity contribution in [2.75, 3.05) is 5.73 Å². The molecule has 4 N–H and O–H groups in total. The van der Waals surface area contributed by atoms with Gasteiger partial charge in [-0.2, -0.15) is 0 Å². The molecule has 0 amide bonds. The number of nitrogens with two attached hydrogens (primary N) is 2. The first-order valence-electron chi connectivity index (χ1n) is 5.18. The molecule has 1 aliphatic rings. The predicted octanol–water partition coefficient (Wildman–Crippen LogP) is 0.974. The molecule has 4 nitrogen and oxygen atoms in total. The molecule has 80 valence electrons. The topological polar surface area (TPSA) is 82.0 Å². The summed E-state index contributed by atoms with van der Waals surface area (Å²) in [6.07, 6.45) is 4.16. The lowest BCUT2D eigenvalue weighted by atomic mass is 9.96. The number of carbonyl (C=O) groups is 1. The second kappa shape index (κ2) is 3.98. The fourth-order valence-electron chi connectivity index (χ4n) is 2.10. The number of rotatable bonds is 2. The van der Waals surface area contributed by atoms with Gasteiger partial charge in [-0.1, -0.05) is 0 Å². The van der Waals surface area contributed by atoms with E-state index in [1.165, 1.54) is 0 Å². The first-order valence-corrected chi connectivity index (χ1v) is 5.18. The van der Waals surface area contributed by atoms with E-state index in [4.69, 9.17) is 11.5 Å². The third-order valence-electron chi connectivity index (χ3n) is 2.95. The summed E-state index contributed by atoms with van der Waals surface area (Å²) in [6, 6.07) is 3.63. The van der Waals surface area contributed by atoms with Gasteiger partial charge in [-0.05, 0) is 31.4 Å². The zero-order valence-corrected chi connectivity index (χ0v) is 8.52. The van der Waals surface area contributed by atoms with Gasteiger partial charge in [0.15, 0.2) is 5.78 Å². The molecule has 1 saturated carbocycles. The SMILES string of the molecule is Nc1ncccc1C(=O)C1CCC(N)C1. The number of aromatic nitrogens is 1. The van der Waals surface area contributed by atoms with Gasteiger partial charge in [0.2, 0.25) is 0 Å². The van der Waals surface area contributed by atoms with Crippen LogP contribution in [0.5, 0.6) is 0 Å². The lowest BCUT2D eigenvalue weighted by molar-refractivity contribution is 0.0922. The van der Waals surface area contributed by atoms with E-state index in [1.807, 2.05) is 0 Å². The molecule has 1 fully saturated rings. The largest absolute Gasteiger partial charge is 0.383 e. The Morgan fingerprint density at radius 1 is 1.47 bits per heavy atom. The molecular formula is C11H15N3O. The highest BCUT2D eigenvalue weighted by Crippen LogP contribution is 2.28. The molecule has 1 aromatic heterocycles. The van der Waals surface area contributed by atoms with Gasteiger partial charge in [-0.25, -0.2) is 4.98 Å². The summed E-state index contributed by atoms with van der Waals surface area (Å²) in [5, 5.41) is 0. The van der Waals surface area contributed by atoms with Crippen LogP contribution < -0.4 is 11.5 Å². The molecule has 0 aromatic carbocycles. The van der Waals surface area contributed by atoms with Crippen molar-refractivity contribution < 1.29 is 4.79 Å². The number of ketones is 1. The van der Waals surface area contributed by atoms with Gasteiger partial charge in [0.1, 0.15) is 5.82 Å². The Hall–Kier alpha value is -1.42. The van der Waals surface area contributed by atoms with Crippen LogP contribution in [-0.4, -0.2) is 16.8 Å². The Labute approximate surface area is 88.7 Å². The van der Waals surface area contributed by atoms with E-state index in [0.29, 0.717) is 11.4 Å². The minimum Gasteiger partial charge on any atom is -0.383 e. The molecule has 0 spiro atoms. The minimum atomic E-state index is 0.0338. The van der Waals surface area contributed by atoms with Crippen molar-refractivity contribution in [1.82, 2.24) is 4.98 Å². The molecule has 4 heteroatoms. The monoisotopic (exact) mass is 205 g/mol. The Bertz CT molecular complexity index is 378. The summed E-state index contributed by atoms with van der Waals surface area (Å²) < 4.78 is 0. The van der Waals surface area contributed by atoms with Gasteiger partial charge < -0.3 is 11.5 Å². The fraction of sp³-hybridized carbons (Fsp3) is 0.455. The highest BCUT2D eigenvalue weighted by molar-refractivity contribution is 6.01. The van der Waals surface area contributed by atoms with Crippen LogP contribution in [0.25, 0.3) is 0 Å². The van der Waals surface area contributed by atoms with Gasteiger partial charge >= 0.3 is 0 Å². The van der Waals surface area contributed by atoms with Gasteiger partial charge in [-0.15, -0.1) is 0 Å². The molecule has 15 heavy (non-hydrogen) atoms. The van der Waals surface area contributed by atoms with E-state index < -0.39 is 0 Å². The van der Waals surface area contributed by atoms with E-state index in [-0.39, 0.29) is 17.7 Å². The molecule has 0 saturated heterocycles. The molecular weight excluding hydrogens is 190 g/mol. The summed E-state index contributed by atoms with van der Waals surface area (Å²) in [5.74, 6) is 0.447. The molecule has 2 rings (SSSR count). The second-order valence-electron chi connectivity index (χ2n) is 4.07. The van der Waals surface area contributed by atoms with Crippen molar-refractivity contribution in [3.05, 3.63) is 23.9 Å². The number of carbonyl (C=O) groups excluding carboxylic acids is 1. The summed E-state index contributed by atoms with van der Waals surface area (Å²) >= 11 is 0. The quantitative estimate of drug-likeness (QED) is 0.705. The molecule has 1 aromatic rings. The molecule has 1 heterocycles. The van der Waals surface area contributed by atoms with E-state index in [9.17, 15) is 4.79 Å². The van der Waals surface area contributed by atoms with Crippen molar-refractivity contribution in [1.29, 1.82) is 0 Å². The lowest BCUT2D eigenvalue weighted by Gasteiger charge is -2.09. The van der Waals surface area contributed by atoms with Crippen LogP contribution >= 0.6 is 0 Å². The van der Waals surface area contributed by atoms with Crippen molar-refractivity contribution in [3.63, 3.8) is 0 Å². The molecule has 0 radical (unpaired) electrons. The van der Waals surface area contributed by atoms with Crippen molar-refractivity contribution in [2.24, 2.45) is 11.7 Å². The van der Waals surface area contributed by atoms with E-state index in [2.05, 4.69) is 4.98 Å². The Morgan fingerprint density at radius 2 is 2.27 bits per heavy atom. The molecule has 2 atom stereocenters. The van der Waals surface area contributed by atoms with Crippen LogP contribution in [0.3, 0.4) is 0 Å². The molecule has 0 aliphatic heterocycles. The third kappa shape index (κ3) is 1.99. The maximum atomic E-state index is 12.0. The number of pyridine rings is 1. The zero-order valence-electron chi connectivity index (χ0n) is 8.52. The first kappa shape index (κ1) is 10.1. The highest BCUT2D eigenvalue weighted by Gasteiger charge is 2.29. The number of Topliss-reactive ketones (excluding diaryl/α,β-unsaturated/α-hetero) is 1. The van der Waals surface area contributed by atoms with Crippen LogP contribution in [-0.2, 0) is 0 Å².